The van der Waals surface area contributed by atoms with E-state index < -0.39 is 0 Å². The third kappa shape index (κ3) is 2.46. The van der Waals surface area contributed by atoms with Gasteiger partial charge in [0.1, 0.15) is 0 Å². The molecule has 1 saturated carbocycles. The number of nitrogens with one attached hydrogen (secondary N) is 1. The van der Waals surface area contributed by atoms with Crippen LogP contribution in [0.3, 0.4) is 0 Å². The van der Waals surface area contributed by atoms with Crippen LogP contribution in [-0.4, -0.2) is 9.97 Å². The van der Waals surface area contributed by atoms with E-state index in [2.05, 4.69) is 60.3 Å². The lowest BCUT2D eigenvalue weighted by Gasteiger charge is -2.42. The second-order valence-electron chi connectivity index (χ2n) is 6.32. The minimum Gasteiger partial charge on any atom is -0.359 e. The Bertz CT molecular complexity index is 792. The minimum absolute atomic E-state index is 0.194. The summed E-state index contributed by atoms with van der Waals surface area (Å²) in [7, 11) is 0. The van der Waals surface area contributed by atoms with E-state index in [-0.39, 0.29) is 5.41 Å². The number of aromatic nitrogens is 2. The molecule has 0 atom stereocenters. The van der Waals surface area contributed by atoms with E-state index in [0.717, 1.165) is 5.69 Å². The van der Waals surface area contributed by atoms with E-state index in [0.29, 0.717) is 0 Å². The summed E-state index contributed by atoms with van der Waals surface area (Å²) in [5, 5.41) is 1.34. The lowest BCUT2D eigenvalue weighted by molar-refractivity contribution is 0.304. The standard InChI is InChI=1S/C19H20N2.C2H6/c1-13-4-6-15(7-5-13)19(9-3-10-19)17-12-21-18-14(2)20-11-8-16(17)18;1-2/h4-8,11-12,21H,3,9-10H2,1-2H3;1-2H3. The van der Waals surface area contributed by atoms with Crippen molar-refractivity contribution in [1.82, 2.24) is 9.97 Å². The maximum atomic E-state index is 4.40. The van der Waals surface area contributed by atoms with Crippen LogP contribution in [0.2, 0.25) is 0 Å². The molecule has 1 aromatic carbocycles. The highest BCUT2D eigenvalue weighted by molar-refractivity contribution is 5.86. The summed E-state index contributed by atoms with van der Waals surface area (Å²) in [5.74, 6) is 0. The number of aromatic amines is 1. The fourth-order valence-corrected chi connectivity index (χ4v) is 3.71. The van der Waals surface area contributed by atoms with Crippen LogP contribution in [0.25, 0.3) is 10.9 Å². The Morgan fingerprint density at radius 3 is 2.30 bits per heavy atom. The first kappa shape index (κ1) is 15.8. The zero-order valence-electron chi connectivity index (χ0n) is 14.6. The summed E-state index contributed by atoms with van der Waals surface area (Å²) < 4.78 is 0. The number of benzene rings is 1. The van der Waals surface area contributed by atoms with E-state index in [1.807, 2.05) is 20.0 Å². The van der Waals surface area contributed by atoms with Crippen molar-refractivity contribution in [3.05, 3.63) is 65.1 Å². The Labute approximate surface area is 139 Å². The molecule has 0 bridgehead atoms. The highest BCUT2D eigenvalue weighted by Crippen LogP contribution is 2.51. The summed E-state index contributed by atoms with van der Waals surface area (Å²) in [4.78, 5) is 7.85. The van der Waals surface area contributed by atoms with Crippen LogP contribution in [0.1, 0.15) is 55.5 Å². The van der Waals surface area contributed by atoms with Gasteiger partial charge in [-0.25, -0.2) is 0 Å². The first-order valence-corrected chi connectivity index (χ1v) is 8.71. The number of nitrogens with zero attached hydrogens (tertiary/aromatic N) is 1. The molecular formula is C21H26N2. The molecule has 0 unspecified atom stereocenters. The second-order valence-corrected chi connectivity index (χ2v) is 6.32. The van der Waals surface area contributed by atoms with E-state index in [1.165, 1.54) is 46.9 Å². The van der Waals surface area contributed by atoms with Gasteiger partial charge in [0.15, 0.2) is 0 Å². The van der Waals surface area contributed by atoms with Crippen molar-refractivity contribution < 1.29 is 0 Å². The van der Waals surface area contributed by atoms with Crippen LogP contribution in [0.4, 0.5) is 0 Å². The van der Waals surface area contributed by atoms with Gasteiger partial charge in [0.25, 0.3) is 0 Å². The van der Waals surface area contributed by atoms with Crippen molar-refractivity contribution >= 4 is 10.9 Å². The van der Waals surface area contributed by atoms with Gasteiger partial charge in [-0.1, -0.05) is 50.1 Å². The summed E-state index contributed by atoms with van der Waals surface area (Å²) in [5.41, 5.74) is 6.68. The largest absolute Gasteiger partial charge is 0.359 e. The van der Waals surface area contributed by atoms with Gasteiger partial charge in [0, 0.05) is 23.2 Å². The van der Waals surface area contributed by atoms with Gasteiger partial charge in [-0.05, 0) is 43.9 Å². The molecule has 3 aromatic rings. The molecule has 0 radical (unpaired) electrons. The number of pyridine rings is 1. The number of H-pyrrole nitrogens is 1. The van der Waals surface area contributed by atoms with Crippen LogP contribution in [-0.2, 0) is 5.41 Å². The molecule has 2 heteroatoms. The summed E-state index contributed by atoms with van der Waals surface area (Å²) in [6.45, 7) is 8.22. The van der Waals surface area contributed by atoms with Crippen molar-refractivity contribution in [3.63, 3.8) is 0 Å². The molecule has 2 aromatic heterocycles. The molecule has 4 rings (SSSR count). The fourth-order valence-electron chi connectivity index (χ4n) is 3.71. The first-order chi connectivity index (χ1) is 11.2. The quantitative estimate of drug-likeness (QED) is 0.648. The van der Waals surface area contributed by atoms with Crippen molar-refractivity contribution in [2.24, 2.45) is 0 Å². The van der Waals surface area contributed by atoms with Crippen LogP contribution >= 0.6 is 0 Å². The third-order valence-electron chi connectivity index (χ3n) is 5.12. The van der Waals surface area contributed by atoms with Crippen molar-refractivity contribution in [3.8, 4) is 0 Å². The molecule has 0 saturated heterocycles. The monoisotopic (exact) mass is 306 g/mol. The van der Waals surface area contributed by atoms with Gasteiger partial charge < -0.3 is 4.98 Å². The summed E-state index contributed by atoms with van der Waals surface area (Å²) in [6.07, 6.45) is 7.92. The lowest BCUT2D eigenvalue weighted by Crippen LogP contribution is -2.35. The van der Waals surface area contributed by atoms with Gasteiger partial charge >= 0.3 is 0 Å². The fraction of sp³-hybridized carbons (Fsp3) is 0.381. The minimum atomic E-state index is 0.194. The molecule has 23 heavy (non-hydrogen) atoms. The van der Waals surface area contributed by atoms with Gasteiger partial charge in [-0.15, -0.1) is 0 Å². The first-order valence-electron chi connectivity index (χ1n) is 8.71. The Kier molecular flexibility index (Phi) is 4.25. The SMILES string of the molecule is CC.Cc1ccc(C2(c3c[nH]c4c(C)nccc34)CCC2)cc1. The molecular weight excluding hydrogens is 280 g/mol. The number of hydrogen-bond acceptors (Lipinski definition) is 1. The molecule has 1 aliphatic rings. The highest BCUT2D eigenvalue weighted by Gasteiger charge is 2.41. The van der Waals surface area contributed by atoms with Gasteiger partial charge in [-0.2, -0.15) is 0 Å². The molecule has 0 aliphatic heterocycles. The van der Waals surface area contributed by atoms with Crippen LogP contribution in [0, 0.1) is 13.8 Å². The number of rotatable bonds is 2. The van der Waals surface area contributed by atoms with Crippen molar-refractivity contribution in [2.45, 2.75) is 52.4 Å². The normalized spacial score (nSPS) is 15.7. The number of fused-ring (bicyclic) bond motifs is 1. The Morgan fingerprint density at radius 1 is 1.00 bits per heavy atom. The molecule has 2 heterocycles. The summed E-state index contributed by atoms with van der Waals surface area (Å²) >= 11 is 0. The lowest BCUT2D eigenvalue weighted by atomic mass is 9.60. The van der Waals surface area contributed by atoms with Crippen LogP contribution in [0.5, 0.6) is 0 Å². The van der Waals surface area contributed by atoms with Crippen LogP contribution < -0.4 is 0 Å². The Morgan fingerprint density at radius 2 is 1.70 bits per heavy atom. The summed E-state index contributed by atoms with van der Waals surface area (Å²) in [6, 6.07) is 11.2. The van der Waals surface area contributed by atoms with Gasteiger partial charge in [-0.3, -0.25) is 4.98 Å². The van der Waals surface area contributed by atoms with Crippen molar-refractivity contribution in [1.29, 1.82) is 0 Å². The number of hydrogen-bond donors (Lipinski definition) is 1. The number of aryl methyl sites for hydroxylation is 2. The van der Waals surface area contributed by atoms with E-state index in [4.69, 9.17) is 0 Å². The Balaban J connectivity index is 0.000000753. The zero-order chi connectivity index (χ0) is 16.4. The van der Waals surface area contributed by atoms with Gasteiger partial charge in [0.2, 0.25) is 0 Å². The maximum Gasteiger partial charge on any atom is 0.0673 e. The molecule has 2 nitrogen and oxygen atoms in total. The molecule has 1 aliphatic carbocycles. The van der Waals surface area contributed by atoms with E-state index in [1.54, 1.807) is 0 Å². The molecule has 120 valence electrons. The molecule has 1 N–H and O–H groups in total. The predicted octanol–water partition coefficient (Wildman–Crippen LogP) is 5.68. The van der Waals surface area contributed by atoms with E-state index in [9.17, 15) is 0 Å². The average molecular weight is 306 g/mol. The molecule has 1 fully saturated rings. The maximum absolute atomic E-state index is 4.40. The predicted molar refractivity (Wildman–Crippen MR) is 98.0 cm³/mol. The average Bonchev–Trinajstić information content (AvgIpc) is 2.96. The highest BCUT2D eigenvalue weighted by atomic mass is 14.8. The smallest absolute Gasteiger partial charge is 0.0673 e. The molecule has 0 spiro atoms. The Hall–Kier alpha value is -2.09. The zero-order valence-corrected chi connectivity index (χ0v) is 14.6. The molecule has 0 amide bonds. The van der Waals surface area contributed by atoms with Crippen LogP contribution in [0.15, 0.2) is 42.7 Å². The topological polar surface area (TPSA) is 28.7 Å². The van der Waals surface area contributed by atoms with Crippen molar-refractivity contribution in [2.75, 3.05) is 0 Å². The van der Waals surface area contributed by atoms with E-state index >= 15 is 0 Å². The third-order valence-corrected chi connectivity index (χ3v) is 5.12. The van der Waals surface area contributed by atoms with Gasteiger partial charge in [0.05, 0.1) is 11.2 Å². The second kappa shape index (κ2) is 6.19.